The van der Waals surface area contributed by atoms with Gasteiger partial charge in [-0.2, -0.15) is 31.3 Å². The molecule has 0 spiro atoms. The van der Waals surface area contributed by atoms with Crippen molar-refractivity contribution in [2.45, 2.75) is 43.6 Å². The summed E-state index contributed by atoms with van der Waals surface area (Å²) < 4.78 is 79.1. The zero-order valence-corrected chi connectivity index (χ0v) is 10.1. The normalized spacial score (nSPS) is 21.4. The van der Waals surface area contributed by atoms with Crippen LogP contribution >= 0.6 is 0 Å². The van der Waals surface area contributed by atoms with Gasteiger partial charge in [-0.3, -0.25) is 0 Å². The number of halogens is 6. The zero-order chi connectivity index (χ0) is 15.0. The molecule has 1 aromatic rings. The third kappa shape index (κ3) is 3.22. The first-order valence-corrected chi connectivity index (χ1v) is 5.90. The Labute approximate surface area is 109 Å². The molecule has 4 nitrogen and oxygen atoms in total. The van der Waals surface area contributed by atoms with E-state index in [0.29, 0.717) is 13.0 Å². The lowest BCUT2D eigenvalue weighted by Gasteiger charge is -2.20. The predicted molar refractivity (Wildman–Crippen MR) is 53.7 cm³/mol. The summed E-state index contributed by atoms with van der Waals surface area (Å²) >= 11 is 0. The van der Waals surface area contributed by atoms with Crippen LogP contribution in [0.15, 0.2) is 4.52 Å². The van der Waals surface area contributed by atoms with Gasteiger partial charge in [-0.25, -0.2) is 0 Å². The molecule has 0 radical (unpaired) electrons. The van der Waals surface area contributed by atoms with Crippen LogP contribution < -0.4 is 5.32 Å². The van der Waals surface area contributed by atoms with Gasteiger partial charge in [0, 0.05) is 0 Å². The molecule has 0 amide bonds. The summed E-state index contributed by atoms with van der Waals surface area (Å²) in [7, 11) is 0. The quantitative estimate of drug-likeness (QED) is 0.853. The maximum Gasteiger partial charge on any atom is 0.409 e. The van der Waals surface area contributed by atoms with Gasteiger partial charge >= 0.3 is 12.4 Å². The molecule has 10 heteroatoms. The fourth-order valence-electron chi connectivity index (χ4n) is 2.04. The van der Waals surface area contributed by atoms with Gasteiger partial charge in [0.2, 0.25) is 11.8 Å². The van der Waals surface area contributed by atoms with Gasteiger partial charge in [-0.1, -0.05) is 11.6 Å². The molecule has 1 aromatic heterocycles. The monoisotopic (exact) mass is 303 g/mol. The lowest BCUT2D eigenvalue weighted by atomic mass is 10.0. The van der Waals surface area contributed by atoms with Gasteiger partial charge in [0.25, 0.3) is 0 Å². The molecule has 1 fully saturated rings. The molecule has 2 heterocycles. The summed E-state index contributed by atoms with van der Waals surface area (Å²) in [6.45, 7) is 0.608. The first-order valence-electron chi connectivity index (χ1n) is 5.90. The summed E-state index contributed by atoms with van der Waals surface area (Å²) in [4.78, 5) is 3.29. The minimum Gasteiger partial charge on any atom is -0.338 e. The summed E-state index contributed by atoms with van der Waals surface area (Å²) in [6.07, 6.45) is -8.83. The molecule has 1 N–H and O–H groups in total. The minimum atomic E-state index is -5.53. The molecule has 1 aliphatic heterocycles. The van der Waals surface area contributed by atoms with Crippen LogP contribution in [-0.4, -0.2) is 29.0 Å². The fourth-order valence-corrected chi connectivity index (χ4v) is 2.04. The van der Waals surface area contributed by atoms with Gasteiger partial charge < -0.3 is 9.84 Å². The molecule has 0 aliphatic carbocycles. The van der Waals surface area contributed by atoms with Crippen LogP contribution in [0.5, 0.6) is 0 Å². The van der Waals surface area contributed by atoms with Crippen molar-refractivity contribution in [3.63, 3.8) is 0 Å². The first kappa shape index (κ1) is 15.1. The molecule has 0 saturated carbocycles. The largest absolute Gasteiger partial charge is 0.409 e. The SMILES string of the molecule is FC(F)(F)C(c1nc(C2CCCCN2)no1)C(F)(F)F. The highest BCUT2D eigenvalue weighted by molar-refractivity contribution is 5.04. The Hall–Kier alpha value is -1.32. The minimum absolute atomic E-state index is 0.168. The van der Waals surface area contributed by atoms with E-state index in [-0.39, 0.29) is 5.82 Å². The van der Waals surface area contributed by atoms with Crippen molar-refractivity contribution in [2.75, 3.05) is 6.54 Å². The smallest absolute Gasteiger partial charge is 0.338 e. The summed E-state index contributed by atoms with van der Waals surface area (Å²) in [5.41, 5.74) is 0. The Morgan fingerprint density at radius 1 is 1.10 bits per heavy atom. The van der Waals surface area contributed by atoms with Crippen LogP contribution in [0.1, 0.15) is 42.9 Å². The summed E-state index contributed by atoms with van der Waals surface area (Å²) in [5.74, 6) is -5.38. The Balaban J connectivity index is 2.25. The van der Waals surface area contributed by atoms with E-state index in [0.717, 1.165) is 12.8 Å². The van der Waals surface area contributed by atoms with Crippen molar-refractivity contribution >= 4 is 0 Å². The average molecular weight is 303 g/mol. The van der Waals surface area contributed by atoms with Crippen molar-refractivity contribution in [1.29, 1.82) is 0 Å². The van der Waals surface area contributed by atoms with Crippen molar-refractivity contribution in [3.8, 4) is 0 Å². The van der Waals surface area contributed by atoms with Crippen molar-refractivity contribution in [1.82, 2.24) is 15.5 Å². The molecule has 2 rings (SSSR count). The molecule has 0 bridgehead atoms. The molecular weight excluding hydrogens is 292 g/mol. The van der Waals surface area contributed by atoms with Crippen LogP contribution in [0.2, 0.25) is 0 Å². The van der Waals surface area contributed by atoms with E-state index in [9.17, 15) is 26.3 Å². The molecule has 0 aromatic carbocycles. The Kier molecular flexibility index (Phi) is 3.94. The number of aromatic nitrogens is 2. The number of rotatable bonds is 2. The second-order valence-corrected chi connectivity index (χ2v) is 4.51. The Morgan fingerprint density at radius 3 is 2.25 bits per heavy atom. The molecule has 1 atom stereocenters. The van der Waals surface area contributed by atoms with Gasteiger partial charge in [-0.05, 0) is 19.4 Å². The molecule has 20 heavy (non-hydrogen) atoms. The Bertz CT molecular complexity index is 435. The van der Waals surface area contributed by atoms with Gasteiger partial charge in [0.15, 0.2) is 5.82 Å². The van der Waals surface area contributed by atoms with Crippen LogP contribution in [0.25, 0.3) is 0 Å². The average Bonchev–Trinajstić information content (AvgIpc) is 2.75. The second kappa shape index (κ2) is 5.23. The van der Waals surface area contributed by atoms with Gasteiger partial charge in [0.1, 0.15) is 0 Å². The maximum atomic E-state index is 12.5. The first-order chi connectivity index (χ1) is 9.19. The lowest BCUT2D eigenvalue weighted by molar-refractivity contribution is -0.259. The topological polar surface area (TPSA) is 51.0 Å². The third-order valence-corrected chi connectivity index (χ3v) is 2.98. The van der Waals surface area contributed by atoms with Gasteiger partial charge in [-0.15, -0.1) is 0 Å². The van der Waals surface area contributed by atoms with Gasteiger partial charge in [0.05, 0.1) is 6.04 Å². The van der Waals surface area contributed by atoms with E-state index >= 15 is 0 Å². The molecule has 114 valence electrons. The van der Waals surface area contributed by atoms with E-state index in [1.807, 2.05) is 0 Å². The summed E-state index contributed by atoms with van der Waals surface area (Å²) in [6, 6.07) is -0.469. The highest BCUT2D eigenvalue weighted by atomic mass is 19.4. The van der Waals surface area contributed by atoms with Crippen LogP contribution in [0.4, 0.5) is 26.3 Å². The predicted octanol–water partition coefficient (Wildman–Crippen LogP) is 3.09. The van der Waals surface area contributed by atoms with Crippen molar-refractivity contribution < 1.29 is 30.9 Å². The molecule has 1 aliphatic rings. The number of nitrogens with one attached hydrogen (secondary N) is 1. The highest BCUT2D eigenvalue weighted by Gasteiger charge is 2.61. The molecule has 1 saturated heterocycles. The second-order valence-electron chi connectivity index (χ2n) is 4.51. The van der Waals surface area contributed by atoms with E-state index in [1.165, 1.54) is 0 Å². The van der Waals surface area contributed by atoms with Crippen LogP contribution in [0.3, 0.4) is 0 Å². The maximum absolute atomic E-state index is 12.5. The molecule has 1 unspecified atom stereocenters. The number of piperidine rings is 1. The summed E-state index contributed by atoms with van der Waals surface area (Å²) in [5, 5.41) is 6.16. The van der Waals surface area contributed by atoms with Crippen LogP contribution in [0, 0.1) is 0 Å². The highest BCUT2D eigenvalue weighted by Crippen LogP contribution is 2.45. The van der Waals surface area contributed by atoms with E-state index in [1.54, 1.807) is 0 Å². The van der Waals surface area contributed by atoms with E-state index < -0.39 is 30.2 Å². The zero-order valence-electron chi connectivity index (χ0n) is 10.1. The third-order valence-electron chi connectivity index (χ3n) is 2.98. The Morgan fingerprint density at radius 2 is 1.75 bits per heavy atom. The van der Waals surface area contributed by atoms with Crippen molar-refractivity contribution in [2.24, 2.45) is 0 Å². The number of hydrogen-bond donors (Lipinski definition) is 1. The fraction of sp³-hybridized carbons (Fsp3) is 0.800. The number of hydrogen-bond acceptors (Lipinski definition) is 4. The molecular formula is C10H11F6N3O. The number of nitrogens with zero attached hydrogens (tertiary/aromatic N) is 2. The number of alkyl halides is 6. The van der Waals surface area contributed by atoms with Crippen molar-refractivity contribution in [3.05, 3.63) is 11.7 Å². The standard InChI is InChI=1S/C10H11F6N3O/c11-9(12,13)6(10(14,15)16)8-18-7(19-20-8)5-3-1-2-4-17-5/h5-6,17H,1-4H2. The van der Waals surface area contributed by atoms with Crippen LogP contribution in [-0.2, 0) is 0 Å². The van der Waals surface area contributed by atoms with E-state index in [4.69, 9.17) is 0 Å². The lowest BCUT2D eigenvalue weighted by Crippen LogP contribution is -2.34. The van der Waals surface area contributed by atoms with E-state index in [2.05, 4.69) is 20.0 Å².